The Morgan fingerprint density at radius 2 is 1.70 bits per heavy atom. The summed E-state index contributed by atoms with van der Waals surface area (Å²) in [5.41, 5.74) is 2.52. The number of anilines is 1. The van der Waals surface area contributed by atoms with Gasteiger partial charge in [0, 0.05) is 38.0 Å². The molecule has 30 heavy (non-hydrogen) atoms. The second-order valence-electron chi connectivity index (χ2n) is 9.23. The SMILES string of the molecule is CCNC(=NCc1ccc(N2CCC(CO)CC2)cc1)NC1CC(C)CC(C)C1.I. The maximum atomic E-state index is 9.31. The highest BCUT2D eigenvalue weighted by atomic mass is 127. The van der Waals surface area contributed by atoms with Crippen molar-refractivity contribution in [3.63, 3.8) is 0 Å². The van der Waals surface area contributed by atoms with Crippen molar-refractivity contribution in [2.45, 2.75) is 65.5 Å². The molecule has 0 aromatic heterocycles. The first-order valence-electron chi connectivity index (χ1n) is 11.6. The van der Waals surface area contributed by atoms with E-state index in [4.69, 9.17) is 4.99 Å². The molecule has 1 heterocycles. The molecule has 0 spiro atoms. The lowest BCUT2D eigenvalue weighted by Crippen LogP contribution is -2.46. The third-order valence-electron chi connectivity index (χ3n) is 6.46. The van der Waals surface area contributed by atoms with Crippen molar-refractivity contribution in [3.8, 4) is 0 Å². The highest BCUT2D eigenvalue weighted by Gasteiger charge is 2.24. The average molecular weight is 529 g/mol. The Morgan fingerprint density at radius 1 is 1.07 bits per heavy atom. The van der Waals surface area contributed by atoms with Gasteiger partial charge in [0.25, 0.3) is 0 Å². The Balaban J connectivity index is 0.00000320. The number of aliphatic hydroxyl groups is 1. The minimum absolute atomic E-state index is 0. The van der Waals surface area contributed by atoms with E-state index in [-0.39, 0.29) is 24.0 Å². The standard InChI is InChI=1S/C24H40N4O.HI/c1-4-25-24(27-22-14-18(2)13-19(3)15-22)26-16-20-5-7-23(8-6-20)28-11-9-21(17-29)10-12-28;/h5-8,18-19,21-22,29H,4,9-17H2,1-3H3,(H2,25,26,27);1H. The van der Waals surface area contributed by atoms with Crippen LogP contribution in [-0.4, -0.2) is 43.3 Å². The zero-order valence-electron chi connectivity index (χ0n) is 18.9. The van der Waals surface area contributed by atoms with Gasteiger partial charge in [0.1, 0.15) is 0 Å². The fourth-order valence-electron chi connectivity index (χ4n) is 4.93. The molecule has 1 aliphatic carbocycles. The lowest BCUT2D eigenvalue weighted by Gasteiger charge is -2.33. The molecule has 0 radical (unpaired) electrons. The summed E-state index contributed by atoms with van der Waals surface area (Å²) in [7, 11) is 0. The second kappa shape index (κ2) is 12.7. The summed E-state index contributed by atoms with van der Waals surface area (Å²) in [4.78, 5) is 7.27. The highest BCUT2D eigenvalue weighted by Crippen LogP contribution is 2.28. The second-order valence-corrected chi connectivity index (χ2v) is 9.23. The molecular formula is C24H41IN4O. The summed E-state index contributed by atoms with van der Waals surface area (Å²) in [6.45, 7) is 10.8. The Labute approximate surface area is 200 Å². The van der Waals surface area contributed by atoms with Gasteiger partial charge in [-0.25, -0.2) is 4.99 Å². The summed E-state index contributed by atoms with van der Waals surface area (Å²) < 4.78 is 0. The molecule has 2 unspecified atom stereocenters. The Hall–Kier alpha value is -1.02. The van der Waals surface area contributed by atoms with Crippen LogP contribution in [0.5, 0.6) is 0 Å². The van der Waals surface area contributed by atoms with Gasteiger partial charge in [-0.05, 0) is 74.5 Å². The zero-order chi connectivity index (χ0) is 20.6. The van der Waals surface area contributed by atoms with E-state index >= 15 is 0 Å². The number of guanidine groups is 1. The molecule has 0 amide bonds. The van der Waals surface area contributed by atoms with E-state index in [0.29, 0.717) is 25.1 Å². The Morgan fingerprint density at radius 3 is 2.27 bits per heavy atom. The number of hydrogen-bond acceptors (Lipinski definition) is 3. The van der Waals surface area contributed by atoms with Crippen molar-refractivity contribution in [2.24, 2.45) is 22.7 Å². The maximum absolute atomic E-state index is 9.31. The lowest BCUT2D eigenvalue weighted by atomic mass is 9.80. The molecule has 0 bridgehead atoms. The summed E-state index contributed by atoms with van der Waals surface area (Å²) in [5, 5.41) is 16.4. The van der Waals surface area contributed by atoms with Crippen molar-refractivity contribution >= 4 is 35.6 Å². The molecule has 5 nitrogen and oxygen atoms in total. The summed E-state index contributed by atoms with van der Waals surface area (Å²) in [6.07, 6.45) is 5.97. The van der Waals surface area contributed by atoms with Crippen LogP contribution in [0.2, 0.25) is 0 Å². The van der Waals surface area contributed by atoms with Crippen molar-refractivity contribution < 1.29 is 5.11 Å². The number of aliphatic hydroxyl groups excluding tert-OH is 1. The van der Waals surface area contributed by atoms with Gasteiger partial charge in [0.05, 0.1) is 6.54 Å². The topological polar surface area (TPSA) is 59.9 Å². The van der Waals surface area contributed by atoms with Crippen molar-refractivity contribution in [2.75, 3.05) is 31.1 Å². The van der Waals surface area contributed by atoms with Gasteiger partial charge in [0.2, 0.25) is 0 Å². The quantitative estimate of drug-likeness (QED) is 0.291. The third kappa shape index (κ3) is 7.59. The Kier molecular flexibility index (Phi) is 10.7. The van der Waals surface area contributed by atoms with E-state index < -0.39 is 0 Å². The molecule has 3 N–H and O–H groups in total. The van der Waals surface area contributed by atoms with E-state index in [1.807, 2.05) is 0 Å². The molecular weight excluding hydrogens is 487 g/mol. The van der Waals surface area contributed by atoms with Crippen LogP contribution in [0.25, 0.3) is 0 Å². The van der Waals surface area contributed by atoms with E-state index in [0.717, 1.165) is 50.3 Å². The average Bonchev–Trinajstić information content (AvgIpc) is 2.72. The molecule has 1 saturated carbocycles. The number of rotatable bonds is 6. The molecule has 6 heteroatoms. The number of nitrogens with zero attached hydrogens (tertiary/aromatic N) is 2. The first-order valence-corrected chi connectivity index (χ1v) is 11.6. The van der Waals surface area contributed by atoms with Crippen LogP contribution in [0.3, 0.4) is 0 Å². The van der Waals surface area contributed by atoms with Crippen LogP contribution >= 0.6 is 24.0 Å². The van der Waals surface area contributed by atoms with Gasteiger partial charge >= 0.3 is 0 Å². The number of hydrogen-bond donors (Lipinski definition) is 3. The molecule has 3 rings (SSSR count). The van der Waals surface area contributed by atoms with Crippen molar-refractivity contribution in [3.05, 3.63) is 29.8 Å². The predicted octanol–water partition coefficient (Wildman–Crippen LogP) is 4.39. The minimum atomic E-state index is 0. The molecule has 2 atom stereocenters. The van der Waals surface area contributed by atoms with Crippen LogP contribution in [-0.2, 0) is 6.54 Å². The van der Waals surface area contributed by atoms with E-state index in [1.54, 1.807) is 0 Å². The van der Waals surface area contributed by atoms with Gasteiger partial charge in [-0.3, -0.25) is 0 Å². The maximum Gasteiger partial charge on any atom is 0.191 e. The number of aliphatic imine (C=N–C) groups is 1. The number of piperidine rings is 1. The van der Waals surface area contributed by atoms with E-state index in [9.17, 15) is 5.11 Å². The van der Waals surface area contributed by atoms with Crippen LogP contribution in [0.1, 0.15) is 58.4 Å². The lowest BCUT2D eigenvalue weighted by molar-refractivity contribution is 0.203. The summed E-state index contributed by atoms with van der Waals surface area (Å²) in [5.74, 6) is 2.99. The fourth-order valence-corrected chi connectivity index (χ4v) is 4.93. The van der Waals surface area contributed by atoms with Gasteiger partial charge < -0.3 is 20.6 Å². The van der Waals surface area contributed by atoms with Gasteiger partial charge in [-0.1, -0.05) is 26.0 Å². The van der Waals surface area contributed by atoms with Crippen molar-refractivity contribution in [1.82, 2.24) is 10.6 Å². The van der Waals surface area contributed by atoms with E-state index in [2.05, 4.69) is 60.6 Å². The van der Waals surface area contributed by atoms with Crippen LogP contribution < -0.4 is 15.5 Å². The molecule has 1 saturated heterocycles. The van der Waals surface area contributed by atoms with Crippen LogP contribution in [0, 0.1) is 17.8 Å². The molecule has 1 aromatic rings. The van der Waals surface area contributed by atoms with Crippen LogP contribution in [0.15, 0.2) is 29.3 Å². The molecule has 1 aromatic carbocycles. The number of benzene rings is 1. The van der Waals surface area contributed by atoms with Crippen molar-refractivity contribution in [1.29, 1.82) is 0 Å². The number of halogens is 1. The van der Waals surface area contributed by atoms with Gasteiger partial charge in [-0.15, -0.1) is 24.0 Å². The minimum Gasteiger partial charge on any atom is -0.396 e. The third-order valence-corrected chi connectivity index (χ3v) is 6.46. The fraction of sp³-hybridized carbons (Fsp3) is 0.708. The largest absolute Gasteiger partial charge is 0.396 e. The highest BCUT2D eigenvalue weighted by molar-refractivity contribution is 14.0. The summed E-state index contributed by atoms with van der Waals surface area (Å²) in [6, 6.07) is 9.36. The molecule has 2 aliphatic rings. The molecule has 2 fully saturated rings. The zero-order valence-corrected chi connectivity index (χ0v) is 21.3. The normalized spacial score (nSPS) is 25.5. The molecule has 170 valence electrons. The van der Waals surface area contributed by atoms with Gasteiger partial charge in [0.15, 0.2) is 5.96 Å². The smallest absolute Gasteiger partial charge is 0.191 e. The van der Waals surface area contributed by atoms with Gasteiger partial charge in [-0.2, -0.15) is 0 Å². The van der Waals surface area contributed by atoms with Crippen LogP contribution in [0.4, 0.5) is 5.69 Å². The molecule has 1 aliphatic heterocycles. The Bertz CT molecular complexity index is 633. The first-order chi connectivity index (χ1) is 14.1. The summed E-state index contributed by atoms with van der Waals surface area (Å²) >= 11 is 0. The number of nitrogens with one attached hydrogen (secondary N) is 2. The monoisotopic (exact) mass is 528 g/mol. The first kappa shape index (κ1) is 25.2. The predicted molar refractivity (Wildman–Crippen MR) is 138 cm³/mol. The van der Waals surface area contributed by atoms with E-state index in [1.165, 1.54) is 30.5 Å².